The minimum absolute atomic E-state index is 0.00144. The Morgan fingerprint density at radius 1 is 1.42 bits per heavy atom. The van der Waals surface area contributed by atoms with Gasteiger partial charge < -0.3 is 10.8 Å². The summed E-state index contributed by atoms with van der Waals surface area (Å²) in [6.45, 7) is -0.0159. The summed E-state index contributed by atoms with van der Waals surface area (Å²) in [5.41, 5.74) is 4.79. The molecule has 7 heteroatoms. The quantitative estimate of drug-likeness (QED) is 0.815. The molecule has 0 spiro atoms. The zero-order valence-electron chi connectivity index (χ0n) is 10.3. The highest BCUT2D eigenvalue weighted by atomic mass is 32.1. The Kier molecular flexibility index (Phi) is 5.28. The number of rotatable bonds is 5. The van der Waals surface area contributed by atoms with Crippen LogP contribution in [0.15, 0.2) is 24.3 Å². The van der Waals surface area contributed by atoms with E-state index in [4.69, 9.17) is 23.1 Å². The molecule has 1 atom stereocenters. The SMILES string of the molecule is CN(CCO)C(C(N)=S)c1ccccc1C(F)(F)F. The minimum atomic E-state index is -4.47. The van der Waals surface area contributed by atoms with E-state index in [0.717, 1.165) is 6.07 Å². The highest BCUT2D eigenvalue weighted by molar-refractivity contribution is 7.80. The first-order chi connectivity index (χ1) is 8.79. The summed E-state index contributed by atoms with van der Waals surface area (Å²) in [5, 5.41) is 8.90. The smallest absolute Gasteiger partial charge is 0.395 e. The van der Waals surface area contributed by atoms with Gasteiger partial charge in [0.05, 0.1) is 23.2 Å². The molecule has 0 aromatic heterocycles. The number of hydrogen-bond donors (Lipinski definition) is 2. The van der Waals surface area contributed by atoms with Crippen molar-refractivity contribution < 1.29 is 18.3 Å². The first-order valence-electron chi connectivity index (χ1n) is 5.55. The lowest BCUT2D eigenvalue weighted by Gasteiger charge is -2.29. The molecule has 3 nitrogen and oxygen atoms in total. The topological polar surface area (TPSA) is 49.5 Å². The van der Waals surface area contributed by atoms with E-state index in [0.29, 0.717) is 0 Å². The van der Waals surface area contributed by atoms with E-state index in [-0.39, 0.29) is 23.7 Å². The molecule has 0 amide bonds. The van der Waals surface area contributed by atoms with Gasteiger partial charge in [0.25, 0.3) is 0 Å². The van der Waals surface area contributed by atoms with Crippen LogP contribution in [0.2, 0.25) is 0 Å². The van der Waals surface area contributed by atoms with Gasteiger partial charge >= 0.3 is 6.18 Å². The Balaban J connectivity index is 3.28. The molecule has 1 rings (SSSR count). The van der Waals surface area contributed by atoms with Gasteiger partial charge in [-0.1, -0.05) is 30.4 Å². The molecule has 0 aliphatic heterocycles. The summed E-state index contributed by atoms with van der Waals surface area (Å²) in [5.74, 6) is 0. The zero-order chi connectivity index (χ0) is 14.6. The van der Waals surface area contributed by atoms with Gasteiger partial charge in [0.15, 0.2) is 0 Å². The molecule has 1 aromatic carbocycles. The summed E-state index contributed by atoms with van der Waals surface area (Å²) in [6, 6.07) is 4.30. The molecule has 3 N–H and O–H groups in total. The standard InChI is InChI=1S/C12H15F3N2OS/c1-17(6-7-18)10(11(16)19)8-4-2-3-5-9(8)12(13,14)15/h2-5,10,18H,6-7H2,1H3,(H2,16,19). The molecule has 1 unspecified atom stereocenters. The number of aliphatic hydroxyl groups excluding tert-OH is 1. The second-order valence-electron chi connectivity index (χ2n) is 4.09. The molecule has 0 saturated carbocycles. The number of halogens is 3. The second-order valence-corrected chi connectivity index (χ2v) is 4.57. The van der Waals surface area contributed by atoms with E-state index in [1.165, 1.54) is 23.1 Å². The molecule has 0 aliphatic carbocycles. The third-order valence-corrected chi connectivity index (χ3v) is 2.95. The average molecular weight is 292 g/mol. The molecule has 0 radical (unpaired) electrons. The number of aliphatic hydroxyl groups is 1. The lowest BCUT2D eigenvalue weighted by Crippen LogP contribution is -2.37. The summed E-state index contributed by atoms with van der Waals surface area (Å²) >= 11 is 4.86. The Morgan fingerprint density at radius 3 is 2.47 bits per heavy atom. The Hall–Kier alpha value is -1.18. The molecule has 0 heterocycles. The summed E-state index contributed by atoms with van der Waals surface area (Å²) in [4.78, 5) is 1.43. The van der Waals surface area contributed by atoms with E-state index >= 15 is 0 Å². The van der Waals surface area contributed by atoms with Crippen LogP contribution in [0.5, 0.6) is 0 Å². The first-order valence-corrected chi connectivity index (χ1v) is 5.96. The Morgan fingerprint density at radius 2 is 2.00 bits per heavy atom. The number of alkyl halides is 3. The summed E-state index contributed by atoms with van der Waals surface area (Å²) in [7, 11) is 1.56. The molecule has 19 heavy (non-hydrogen) atoms. The lowest BCUT2D eigenvalue weighted by atomic mass is 9.98. The largest absolute Gasteiger partial charge is 0.416 e. The van der Waals surface area contributed by atoms with Gasteiger partial charge in [-0.05, 0) is 18.7 Å². The third kappa shape index (κ3) is 3.89. The van der Waals surface area contributed by atoms with Crippen LogP contribution in [0.4, 0.5) is 13.2 Å². The van der Waals surface area contributed by atoms with Crippen LogP contribution < -0.4 is 5.73 Å². The van der Waals surface area contributed by atoms with Crippen molar-refractivity contribution in [1.82, 2.24) is 4.90 Å². The number of nitrogens with two attached hydrogens (primary N) is 1. The zero-order valence-corrected chi connectivity index (χ0v) is 11.1. The van der Waals surface area contributed by atoms with Crippen molar-refractivity contribution in [3.8, 4) is 0 Å². The second kappa shape index (κ2) is 6.31. The van der Waals surface area contributed by atoms with Crippen LogP contribution >= 0.6 is 12.2 Å². The van der Waals surface area contributed by atoms with Crippen LogP contribution in [-0.4, -0.2) is 35.2 Å². The van der Waals surface area contributed by atoms with Crippen LogP contribution in [-0.2, 0) is 6.18 Å². The maximum atomic E-state index is 13.0. The van der Waals surface area contributed by atoms with E-state index in [1.807, 2.05) is 0 Å². The lowest BCUT2D eigenvalue weighted by molar-refractivity contribution is -0.138. The van der Waals surface area contributed by atoms with Crippen LogP contribution in [0.25, 0.3) is 0 Å². The molecular formula is C12H15F3N2OS. The molecule has 0 bridgehead atoms. The molecule has 1 aromatic rings. The van der Waals surface area contributed by atoms with E-state index < -0.39 is 17.8 Å². The average Bonchev–Trinajstić information content (AvgIpc) is 2.28. The van der Waals surface area contributed by atoms with Gasteiger partial charge in [-0.2, -0.15) is 13.2 Å². The Labute approximate surface area is 114 Å². The van der Waals surface area contributed by atoms with Crippen molar-refractivity contribution in [1.29, 1.82) is 0 Å². The van der Waals surface area contributed by atoms with Gasteiger partial charge in [-0.3, -0.25) is 4.90 Å². The van der Waals surface area contributed by atoms with Crippen LogP contribution in [0.3, 0.4) is 0 Å². The predicted octanol–water partition coefficient (Wildman–Crippen LogP) is 1.96. The molecular weight excluding hydrogens is 277 g/mol. The van der Waals surface area contributed by atoms with Crippen molar-refractivity contribution in [2.45, 2.75) is 12.2 Å². The van der Waals surface area contributed by atoms with E-state index in [1.54, 1.807) is 7.05 Å². The minimum Gasteiger partial charge on any atom is -0.395 e. The van der Waals surface area contributed by atoms with Gasteiger partial charge in [-0.25, -0.2) is 0 Å². The Bertz CT molecular complexity index is 451. The van der Waals surface area contributed by atoms with Crippen molar-refractivity contribution in [3.05, 3.63) is 35.4 Å². The fourth-order valence-electron chi connectivity index (χ4n) is 1.89. The fraction of sp³-hybridized carbons (Fsp3) is 0.417. The molecule has 0 saturated heterocycles. The first kappa shape index (κ1) is 15.9. The predicted molar refractivity (Wildman–Crippen MR) is 70.7 cm³/mol. The molecule has 0 fully saturated rings. The highest BCUT2D eigenvalue weighted by Gasteiger charge is 2.36. The monoisotopic (exact) mass is 292 g/mol. The van der Waals surface area contributed by atoms with Gasteiger partial charge in [0.1, 0.15) is 0 Å². The normalized spacial score (nSPS) is 13.6. The number of thiocarbonyl (C=S) groups is 1. The fourth-order valence-corrected chi connectivity index (χ4v) is 2.20. The van der Waals surface area contributed by atoms with Gasteiger partial charge in [-0.15, -0.1) is 0 Å². The van der Waals surface area contributed by atoms with E-state index in [9.17, 15) is 13.2 Å². The van der Waals surface area contributed by atoms with Gasteiger partial charge in [0.2, 0.25) is 0 Å². The van der Waals surface area contributed by atoms with Crippen LogP contribution in [0, 0.1) is 0 Å². The van der Waals surface area contributed by atoms with Gasteiger partial charge in [0, 0.05) is 6.54 Å². The number of likely N-dealkylation sites (N-methyl/N-ethyl adjacent to an activating group) is 1. The molecule has 0 aliphatic rings. The van der Waals surface area contributed by atoms with Crippen molar-refractivity contribution >= 4 is 17.2 Å². The molecule has 106 valence electrons. The van der Waals surface area contributed by atoms with Crippen molar-refractivity contribution in [3.63, 3.8) is 0 Å². The number of nitrogens with zero attached hydrogens (tertiary/aromatic N) is 1. The van der Waals surface area contributed by atoms with E-state index in [2.05, 4.69) is 0 Å². The summed E-state index contributed by atoms with van der Waals surface area (Å²) < 4.78 is 38.9. The van der Waals surface area contributed by atoms with Crippen LogP contribution in [0.1, 0.15) is 17.2 Å². The number of benzene rings is 1. The maximum Gasteiger partial charge on any atom is 0.416 e. The van der Waals surface area contributed by atoms with Crippen molar-refractivity contribution in [2.75, 3.05) is 20.2 Å². The number of hydrogen-bond acceptors (Lipinski definition) is 3. The summed E-state index contributed by atoms with van der Waals surface area (Å²) in [6.07, 6.45) is -4.47. The maximum absolute atomic E-state index is 13.0. The van der Waals surface area contributed by atoms with Crippen molar-refractivity contribution in [2.24, 2.45) is 5.73 Å². The third-order valence-electron chi connectivity index (χ3n) is 2.72. The highest BCUT2D eigenvalue weighted by Crippen LogP contribution is 2.36.